The Labute approximate surface area is 231 Å². The smallest absolute Gasteiger partial charge is 0.314 e. The molecule has 0 amide bonds. The van der Waals surface area contributed by atoms with Crippen LogP contribution >= 0.6 is 12.4 Å². The lowest BCUT2D eigenvalue weighted by atomic mass is 9.66. The number of hydrogen-bond donors (Lipinski definition) is 0. The molecule has 5 nitrogen and oxygen atoms in total. The van der Waals surface area contributed by atoms with Gasteiger partial charge < -0.3 is 14.4 Å². The summed E-state index contributed by atoms with van der Waals surface area (Å²) in [7, 11) is 4.05. The molecule has 0 aromatic heterocycles. The van der Waals surface area contributed by atoms with Crippen LogP contribution in [0.3, 0.4) is 0 Å². The van der Waals surface area contributed by atoms with Gasteiger partial charge in [-0.05, 0) is 96.6 Å². The van der Waals surface area contributed by atoms with Crippen LogP contribution in [-0.4, -0.2) is 37.1 Å². The molecule has 1 aromatic carbocycles. The maximum absolute atomic E-state index is 13.2. The lowest BCUT2D eigenvalue weighted by Crippen LogP contribution is -2.45. The minimum atomic E-state index is -0.301. The van der Waals surface area contributed by atoms with E-state index in [1.807, 2.05) is 21.0 Å². The van der Waals surface area contributed by atoms with E-state index >= 15 is 0 Å². The zero-order valence-corrected chi connectivity index (χ0v) is 25.0. The molecule has 0 saturated heterocycles. The Balaban J connectivity index is 0.00000481. The fourth-order valence-corrected chi connectivity index (χ4v) is 5.72. The molecule has 1 aromatic rings. The highest BCUT2D eigenvalue weighted by molar-refractivity contribution is 5.85. The molecule has 3 atom stereocenters. The van der Waals surface area contributed by atoms with Gasteiger partial charge in [-0.15, -0.1) is 12.4 Å². The zero-order valence-electron chi connectivity index (χ0n) is 24.1. The third kappa shape index (κ3) is 7.52. The van der Waals surface area contributed by atoms with Gasteiger partial charge in [-0.2, -0.15) is 5.26 Å². The second-order valence-corrected chi connectivity index (χ2v) is 12.5. The minimum Gasteiger partial charge on any atom is -0.487 e. The summed E-state index contributed by atoms with van der Waals surface area (Å²) in [6.07, 6.45) is 8.45. The van der Waals surface area contributed by atoms with Crippen LogP contribution in [-0.2, 0) is 10.2 Å². The number of unbranched alkanes of at least 4 members (excludes halogenated alkanes) is 2. The summed E-state index contributed by atoms with van der Waals surface area (Å²) in [5, 5.41) is 8.92. The highest BCUT2D eigenvalue weighted by atomic mass is 35.5. The van der Waals surface area contributed by atoms with Crippen LogP contribution in [0.1, 0.15) is 104 Å². The van der Waals surface area contributed by atoms with Crippen molar-refractivity contribution in [2.75, 3.05) is 20.6 Å². The number of allylic oxidation sites excluding steroid dienone is 2. The number of nitrogens with zero attached hydrogens (tertiary/aromatic N) is 2. The average Bonchev–Trinajstić information content (AvgIpc) is 2.79. The Morgan fingerprint density at radius 2 is 2.00 bits per heavy atom. The van der Waals surface area contributed by atoms with Crippen LogP contribution in [0.4, 0.5) is 0 Å². The van der Waals surface area contributed by atoms with Crippen molar-refractivity contribution in [3.8, 4) is 17.6 Å². The molecular formula is C31H47ClN2O3. The van der Waals surface area contributed by atoms with Crippen molar-refractivity contribution in [3.05, 3.63) is 34.9 Å². The number of rotatable bonds is 10. The van der Waals surface area contributed by atoms with Crippen LogP contribution in [0.25, 0.3) is 0 Å². The van der Waals surface area contributed by atoms with Crippen molar-refractivity contribution in [3.63, 3.8) is 0 Å². The van der Waals surface area contributed by atoms with Gasteiger partial charge in [0.05, 0.1) is 12.0 Å². The highest BCUT2D eigenvalue weighted by Gasteiger charge is 2.46. The molecule has 1 unspecified atom stereocenters. The fraction of sp³-hybridized carbons (Fsp3) is 0.677. The molecule has 6 heteroatoms. The first-order valence-electron chi connectivity index (χ1n) is 13.6. The highest BCUT2D eigenvalue weighted by Crippen LogP contribution is 2.55. The quantitative estimate of drug-likeness (QED) is 0.135. The Kier molecular flexibility index (Phi) is 10.7. The van der Waals surface area contributed by atoms with Crippen molar-refractivity contribution < 1.29 is 14.3 Å². The zero-order chi connectivity index (χ0) is 26.7. The van der Waals surface area contributed by atoms with Gasteiger partial charge in [0.2, 0.25) is 0 Å². The van der Waals surface area contributed by atoms with Gasteiger partial charge in [0, 0.05) is 23.8 Å². The predicted octanol–water partition coefficient (Wildman–Crippen LogP) is 7.57. The third-order valence-electron chi connectivity index (χ3n) is 8.23. The number of hydrogen-bond acceptors (Lipinski definition) is 5. The topological polar surface area (TPSA) is 62.6 Å². The van der Waals surface area contributed by atoms with Gasteiger partial charge in [-0.1, -0.05) is 38.8 Å². The van der Waals surface area contributed by atoms with Crippen molar-refractivity contribution in [1.29, 1.82) is 5.26 Å². The van der Waals surface area contributed by atoms with Crippen molar-refractivity contribution >= 4 is 18.4 Å². The second kappa shape index (κ2) is 12.7. The molecule has 3 rings (SSSR count). The molecule has 1 aliphatic carbocycles. The largest absolute Gasteiger partial charge is 0.487 e. The molecule has 0 bridgehead atoms. The Morgan fingerprint density at radius 1 is 1.30 bits per heavy atom. The average molecular weight is 531 g/mol. The van der Waals surface area contributed by atoms with Crippen LogP contribution in [0.2, 0.25) is 0 Å². The molecule has 0 saturated carbocycles. The van der Waals surface area contributed by atoms with Gasteiger partial charge in [0.25, 0.3) is 0 Å². The maximum Gasteiger partial charge on any atom is 0.314 e. The van der Waals surface area contributed by atoms with E-state index in [-0.39, 0.29) is 41.2 Å². The molecule has 0 N–H and O–H groups in total. The van der Waals surface area contributed by atoms with Crippen LogP contribution in [0.5, 0.6) is 11.5 Å². The standard InChI is InChI=1S/C31H46N2O3.ClH/c1-21-12-13-25-24(18-21)28-26(35-29(34)22(2)14-17-33(7)8)19-23(20-27(28)36-31(25,5)6)30(3,4)15-10-9-11-16-32;/h12,19-20,22,24-25H,9-11,13-15,17-18H2,1-8H3;1H/t22?,24-,25-;/m1./s1. The number of carbonyl (C=O) groups excluding carboxylic acids is 1. The Bertz CT molecular complexity index is 1020. The van der Waals surface area contributed by atoms with E-state index in [2.05, 4.69) is 63.8 Å². The van der Waals surface area contributed by atoms with E-state index in [0.29, 0.717) is 18.1 Å². The van der Waals surface area contributed by atoms with Gasteiger partial charge >= 0.3 is 5.97 Å². The van der Waals surface area contributed by atoms with E-state index in [1.165, 1.54) is 5.57 Å². The first kappa shape index (κ1) is 31.2. The Hall–Kier alpha value is -2.03. The fourth-order valence-electron chi connectivity index (χ4n) is 5.72. The second-order valence-electron chi connectivity index (χ2n) is 12.5. The SMILES string of the molecule is CC1=CC[C@@H]2[C@@H](C1)c1c(OC(=O)C(C)CCN(C)C)cc(C(C)(C)CCCCC#N)cc1OC2(C)C.Cl. The summed E-state index contributed by atoms with van der Waals surface area (Å²) in [5.41, 5.74) is 3.14. The molecule has 0 fully saturated rings. The molecular weight excluding hydrogens is 484 g/mol. The molecule has 0 radical (unpaired) electrons. The summed E-state index contributed by atoms with van der Waals surface area (Å²) in [6, 6.07) is 6.54. The lowest BCUT2D eigenvalue weighted by Gasteiger charge is -2.47. The number of ether oxygens (including phenoxy) is 2. The minimum absolute atomic E-state index is 0. The Morgan fingerprint density at radius 3 is 2.65 bits per heavy atom. The summed E-state index contributed by atoms with van der Waals surface area (Å²) in [6.45, 7) is 13.8. The molecule has 1 aliphatic heterocycles. The lowest BCUT2D eigenvalue weighted by molar-refractivity contribution is -0.138. The van der Waals surface area contributed by atoms with E-state index in [4.69, 9.17) is 14.7 Å². The van der Waals surface area contributed by atoms with Gasteiger partial charge in [0.15, 0.2) is 0 Å². The maximum atomic E-state index is 13.2. The van der Waals surface area contributed by atoms with Crippen LogP contribution in [0, 0.1) is 23.2 Å². The third-order valence-corrected chi connectivity index (χ3v) is 8.23. The van der Waals surface area contributed by atoms with Crippen LogP contribution < -0.4 is 9.47 Å². The molecule has 1 heterocycles. The van der Waals surface area contributed by atoms with Gasteiger partial charge in [-0.3, -0.25) is 4.79 Å². The first-order chi connectivity index (χ1) is 16.9. The number of carbonyl (C=O) groups is 1. The van der Waals surface area contributed by atoms with E-state index in [9.17, 15) is 4.79 Å². The summed E-state index contributed by atoms with van der Waals surface area (Å²) in [4.78, 5) is 15.3. The number of benzene rings is 1. The van der Waals surface area contributed by atoms with Crippen molar-refractivity contribution in [2.24, 2.45) is 11.8 Å². The van der Waals surface area contributed by atoms with Crippen molar-refractivity contribution in [2.45, 2.75) is 103 Å². The number of esters is 1. The summed E-state index contributed by atoms with van der Waals surface area (Å²) >= 11 is 0. The molecule has 2 aliphatic rings. The monoisotopic (exact) mass is 530 g/mol. The summed E-state index contributed by atoms with van der Waals surface area (Å²) < 4.78 is 12.9. The van der Waals surface area contributed by atoms with Gasteiger partial charge in [-0.25, -0.2) is 0 Å². The van der Waals surface area contributed by atoms with Gasteiger partial charge in [0.1, 0.15) is 17.1 Å². The molecule has 37 heavy (non-hydrogen) atoms. The van der Waals surface area contributed by atoms with E-state index in [0.717, 1.165) is 61.9 Å². The number of fused-ring (bicyclic) bond motifs is 3. The number of nitriles is 1. The normalized spacial score (nSPS) is 20.9. The van der Waals surface area contributed by atoms with E-state index in [1.54, 1.807) is 0 Å². The molecule has 206 valence electrons. The van der Waals surface area contributed by atoms with Crippen molar-refractivity contribution in [1.82, 2.24) is 4.90 Å². The first-order valence-corrected chi connectivity index (χ1v) is 13.6. The molecule has 0 spiro atoms. The van der Waals surface area contributed by atoms with E-state index < -0.39 is 0 Å². The number of halogens is 1. The summed E-state index contributed by atoms with van der Waals surface area (Å²) in [5.74, 6) is 1.78. The van der Waals surface area contributed by atoms with Crippen LogP contribution in [0.15, 0.2) is 23.8 Å². The predicted molar refractivity (Wildman–Crippen MR) is 153 cm³/mol.